The van der Waals surface area contributed by atoms with Crippen LogP contribution in [0.5, 0.6) is 5.88 Å². The molecule has 2 N–H and O–H groups in total. The summed E-state index contributed by atoms with van der Waals surface area (Å²) in [7, 11) is 1.58. The van der Waals surface area contributed by atoms with Crippen molar-refractivity contribution in [1.29, 1.82) is 0 Å². The molecule has 0 spiro atoms. The average molecular weight is 313 g/mol. The lowest BCUT2D eigenvalue weighted by molar-refractivity contribution is 0.0696. The summed E-state index contributed by atoms with van der Waals surface area (Å²) in [4.78, 5) is 19.8. The predicted octanol–water partition coefficient (Wildman–Crippen LogP) is 2.46. The van der Waals surface area contributed by atoms with Crippen molar-refractivity contribution in [2.45, 2.75) is 32.2 Å². The van der Waals surface area contributed by atoms with Gasteiger partial charge in [0.2, 0.25) is 11.8 Å². The molecule has 0 radical (unpaired) electrons. The second kappa shape index (κ2) is 6.24. The number of aromatic nitrogens is 2. The van der Waals surface area contributed by atoms with E-state index in [1.165, 1.54) is 5.56 Å². The summed E-state index contributed by atoms with van der Waals surface area (Å²) in [6, 6.07) is 7.31. The van der Waals surface area contributed by atoms with Crippen molar-refractivity contribution >= 4 is 11.9 Å². The molecule has 6 nitrogen and oxygen atoms in total. The van der Waals surface area contributed by atoms with Crippen molar-refractivity contribution in [1.82, 2.24) is 9.97 Å². The first-order valence-corrected chi connectivity index (χ1v) is 7.56. The molecule has 120 valence electrons. The second-order valence-electron chi connectivity index (χ2n) is 5.75. The van der Waals surface area contributed by atoms with E-state index in [0.717, 1.165) is 30.5 Å². The van der Waals surface area contributed by atoms with Gasteiger partial charge in [-0.3, -0.25) is 0 Å². The molecule has 1 heterocycles. The Bertz CT molecular complexity index is 746. The van der Waals surface area contributed by atoms with Gasteiger partial charge >= 0.3 is 5.97 Å². The molecule has 6 heteroatoms. The monoisotopic (exact) mass is 313 g/mol. The summed E-state index contributed by atoms with van der Waals surface area (Å²) in [6.07, 6.45) is 2.63. The molecular weight excluding hydrogens is 294 g/mol. The summed E-state index contributed by atoms with van der Waals surface area (Å²) in [5.74, 6) is 0.184. The largest absolute Gasteiger partial charge is 0.481 e. The van der Waals surface area contributed by atoms with E-state index < -0.39 is 5.97 Å². The molecule has 1 unspecified atom stereocenters. The predicted molar refractivity (Wildman–Crippen MR) is 86.2 cm³/mol. The maximum absolute atomic E-state index is 11.1. The van der Waals surface area contributed by atoms with Crippen LogP contribution in [0.1, 0.15) is 33.6 Å². The molecule has 1 aliphatic carbocycles. The van der Waals surface area contributed by atoms with Crippen molar-refractivity contribution in [3.63, 3.8) is 0 Å². The lowest BCUT2D eigenvalue weighted by Gasteiger charge is -2.26. The number of carbonyl (C=O) groups is 1. The number of ether oxygens (including phenoxy) is 1. The quantitative estimate of drug-likeness (QED) is 0.902. The second-order valence-corrected chi connectivity index (χ2v) is 5.75. The number of methoxy groups -OCH3 is 1. The van der Waals surface area contributed by atoms with E-state index in [1.807, 2.05) is 13.0 Å². The van der Waals surface area contributed by atoms with Crippen LogP contribution >= 0.6 is 0 Å². The maximum atomic E-state index is 11.1. The number of carboxylic acids is 1. The number of nitrogens with zero attached hydrogens (tertiary/aromatic N) is 2. The van der Waals surface area contributed by atoms with Crippen LogP contribution in [0.3, 0.4) is 0 Å². The molecule has 0 aliphatic heterocycles. The number of carboxylic acid groups (broad SMARTS) is 1. The lowest BCUT2D eigenvalue weighted by atomic mass is 9.87. The molecule has 2 aromatic rings. The fourth-order valence-corrected chi connectivity index (χ4v) is 2.90. The minimum absolute atomic E-state index is 0.179. The van der Waals surface area contributed by atoms with Crippen LogP contribution < -0.4 is 10.1 Å². The molecule has 1 aromatic carbocycles. The first-order chi connectivity index (χ1) is 11.0. The normalized spacial score (nSPS) is 16.5. The fourth-order valence-electron chi connectivity index (χ4n) is 2.90. The Morgan fingerprint density at radius 3 is 2.87 bits per heavy atom. The van der Waals surface area contributed by atoms with Gasteiger partial charge in [0.1, 0.15) is 0 Å². The smallest absolute Gasteiger partial charge is 0.335 e. The van der Waals surface area contributed by atoms with Crippen molar-refractivity contribution in [3.05, 3.63) is 46.6 Å². The van der Waals surface area contributed by atoms with Crippen LogP contribution in [-0.4, -0.2) is 34.2 Å². The SMILES string of the molecule is COc1cc(C)nc(NC2CCc3ccc(C(=O)O)cc3C2)n1. The number of aromatic carboxylic acids is 1. The number of rotatable bonds is 4. The fraction of sp³-hybridized carbons (Fsp3) is 0.353. The summed E-state index contributed by atoms with van der Waals surface area (Å²) in [5, 5.41) is 12.5. The molecule has 0 fully saturated rings. The van der Waals surface area contributed by atoms with Crippen molar-refractivity contribution < 1.29 is 14.6 Å². The molecule has 0 saturated carbocycles. The molecular formula is C17H19N3O3. The number of fused-ring (bicyclic) bond motifs is 1. The number of hydrogen-bond acceptors (Lipinski definition) is 5. The summed E-state index contributed by atoms with van der Waals surface area (Å²) in [5.41, 5.74) is 3.46. The third-order valence-electron chi connectivity index (χ3n) is 4.05. The van der Waals surface area contributed by atoms with Crippen LogP contribution in [0.15, 0.2) is 24.3 Å². The van der Waals surface area contributed by atoms with Crippen LogP contribution in [0.4, 0.5) is 5.95 Å². The minimum Gasteiger partial charge on any atom is -0.481 e. The Balaban J connectivity index is 1.78. The highest BCUT2D eigenvalue weighted by atomic mass is 16.5. The van der Waals surface area contributed by atoms with E-state index in [0.29, 0.717) is 17.4 Å². The number of nitrogens with one attached hydrogen (secondary N) is 1. The summed E-state index contributed by atoms with van der Waals surface area (Å²) < 4.78 is 5.17. The highest BCUT2D eigenvalue weighted by molar-refractivity contribution is 5.87. The number of anilines is 1. The van der Waals surface area contributed by atoms with Crippen molar-refractivity contribution in [2.75, 3.05) is 12.4 Å². The van der Waals surface area contributed by atoms with Gasteiger partial charge in [-0.05, 0) is 49.4 Å². The van der Waals surface area contributed by atoms with Crippen LogP contribution in [0, 0.1) is 6.92 Å². The Hall–Kier alpha value is -2.63. The zero-order valence-electron chi connectivity index (χ0n) is 13.2. The summed E-state index contributed by atoms with van der Waals surface area (Å²) >= 11 is 0. The van der Waals surface area contributed by atoms with Gasteiger partial charge in [-0.25, -0.2) is 9.78 Å². The van der Waals surface area contributed by atoms with Crippen LogP contribution in [0.25, 0.3) is 0 Å². The number of aryl methyl sites for hydroxylation is 2. The maximum Gasteiger partial charge on any atom is 0.335 e. The van der Waals surface area contributed by atoms with Gasteiger partial charge in [0.05, 0.1) is 12.7 Å². The molecule has 1 aromatic heterocycles. The summed E-state index contributed by atoms with van der Waals surface area (Å²) in [6.45, 7) is 1.89. The Morgan fingerprint density at radius 1 is 1.30 bits per heavy atom. The van der Waals surface area contributed by atoms with Gasteiger partial charge < -0.3 is 15.2 Å². The molecule has 1 atom stereocenters. The van der Waals surface area contributed by atoms with Crippen molar-refractivity contribution in [2.24, 2.45) is 0 Å². The van der Waals surface area contributed by atoms with Crippen LogP contribution in [-0.2, 0) is 12.8 Å². The van der Waals surface area contributed by atoms with Gasteiger partial charge in [-0.15, -0.1) is 0 Å². The van der Waals surface area contributed by atoms with E-state index in [2.05, 4.69) is 15.3 Å². The van der Waals surface area contributed by atoms with E-state index in [9.17, 15) is 4.79 Å². The standard InChI is InChI=1S/C17H19N3O3/c1-10-7-15(23-2)20-17(18-10)19-14-6-5-11-3-4-12(16(21)22)8-13(11)9-14/h3-4,7-8,14H,5-6,9H2,1-2H3,(H,21,22)(H,18,19,20). The van der Waals surface area contributed by atoms with Crippen molar-refractivity contribution in [3.8, 4) is 5.88 Å². The lowest BCUT2D eigenvalue weighted by Crippen LogP contribution is -2.28. The molecule has 0 bridgehead atoms. The van der Waals surface area contributed by atoms with Gasteiger partial charge in [0.25, 0.3) is 0 Å². The first kappa shape index (κ1) is 15.3. The Morgan fingerprint density at radius 2 is 2.13 bits per heavy atom. The van der Waals surface area contributed by atoms with E-state index in [-0.39, 0.29) is 6.04 Å². The first-order valence-electron chi connectivity index (χ1n) is 7.56. The van der Waals surface area contributed by atoms with E-state index in [1.54, 1.807) is 25.3 Å². The number of hydrogen-bond donors (Lipinski definition) is 2. The zero-order valence-corrected chi connectivity index (χ0v) is 13.2. The topological polar surface area (TPSA) is 84.3 Å². The average Bonchev–Trinajstić information content (AvgIpc) is 2.53. The minimum atomic E-state index is -0.894. The zero-order chi connectivity index (χ0) is 16.4. The molecule has 0 saturated heterocycles. The van der Waals surface area contributed by atoms with Gasteiger partial charge in [0, 0.05) is 17.8 Å². The van der Waals surface area contributed by atoms with E-state index in [4.69, 9.17) is 9.84 Å². The van der Waals surface area contributed by atoms with Gasteiger partial charge in [-0.1, -0.05) is 6.07 Å². The third-order valence-corrected chi connectivity index (χ3v) is 4.05. The van der Waals surface area contributed by atoms with Gasteiger partial charge in [0.15, 0.2) is 0 Å². The Kier molecular flexibility index (Phi) is 4.14. The van der Waals surface area contributed by atoms with E-state index >= 15 is 0 Å². The third kappa shape index (κ3) is 3.41. The number of benzene rings is 1. The Labute approximate surface area is 134 Å². The molecule has 0 amide bonds. The van der Waals surface area contributed by atoms with Crippen LogP contribution in [0.2, 0.25) is 0 Å². The highest BCUT2D eigenvalue weighted by Crippen LogP contribution is 2.25. The van der Waals surface area contributed by atoms with Gasteiger partial charge in [-0.2, -0.15) is 4.98 Å². The highest BCUT2D eigenvalue weighted by Gasteiger charge is 2.20. The molecule has 1 aliphatic rings. The molecule has 3 rings (SSSR count). The molecule has 23 heavy (non-hydrogen) atoms.